The highest BCUT2D eigenvalue weighted by atomic mass is 35.5. The molecule has 5 nitrogen and oxygen atoms in total. The maximum absolute atomic E-state index is 11.0. The number of halogens is 1. The molecular formula is C18H13ClN2O3. The topological polar surface area (TPSA) is 72.3 Å². The molecule has 0 amide bonds. The zero-order valence-electron chi connectivity index (χ0n) is 12.5. The normalized spacial score (nSPS) is 10.4. The van der Waals surface area contributed by atoms with Gasteiger partial charge in [-0.05, 0) is 29.8 Å². The number of aromatic carboxylic acids is 1. The van der Waals surface area contributed by atoms with Gasteiger partial charge in [-0.3, -0.25) is 4.98 Å². The Morgan fingerprint density at radius 3 is 2.75 bits per heavy atom. The van der Waals surface area contributed by atoms with E-state index >= 15 is 0 Å². The molecule has 0 aliphatic heterocycles. The first-order chi connectivity index (χ1) is 11.6. The molecule has 6 heteroatoms. The van der Waals surface area contributed by atoms with Gasteiger partial charge in [0.1, 0.15) is 12.4 Å². The highest BCUT2D eigenvalue weighted by Gasteiger charge is 2.08. The van der Waals surface area contributed by atoms with Crippen molar-refractivity contribution in [3.63, 3.8) is 0 Å². The molecule has 120 valence electrons. The number of hydrogen-bond acceptors (Lipinski definition) is 4. The first kappa shape index (κ1) is 16.0. The molecular weight excluding hydrogens is 328 g/mol. The first-order valence-corrected chi connectivity index (χ1v) is 7.52. The summed E-state index contributed by atoms with van der Waals surface area (Å²) in [6, 6.07) is 14.7. The highest BCUT2D eigenvalue weighted by molar-refractivity contribution is 6.30. The monoisotopic (exact) mass is 340 g/mol. The molecule has 0 fully saturated rings. The number of carboxylic acids is 1. The van der Waals surface area contributed by atoms with Gasteiger partial charge in [0.2, 0.25) is 0 Å². The number of carboxylic acid groups (broad SMARTS) is 1. The summed E-state index contributed by atoms with van der Waals surface area (Å²) in [5.74, 6) is -0.465. The summed E-state index contributed by atoms with van der Waals surface area (Å²) in [4.78, 5) is 19.0. The SMILES string of the molecule is O=C(O)c1cncc(-c2cccc(OCc3cccc(Cl)c3)c2)n1. The van der Waals surface area contributed by atoms with Crippen LogP contribution < -0.4 is 4.74 Å². The quantitative estimate of drug-likeness (QED) is 0.757. The average Bonchev–Trinajstić information content (AvgIpc) is 2.60. The Kier molecular flexibility index (Phi) is 4.72. The molecule has 3 aromatic rings. The summed E-state index contributed by atoms with van der Waals surface area (Å²) in [6.45, 7) is 0.380. The summed E-state index contributed by atoms with van der Waals surface area (Å²) in [7, 11) is 0. The van der Waals surface area contributed by atoms with Crippen LogP contribution in [0.4, 0.5) is 0 Å². The predicted molar refractivity (Wildman–Crippen MR) is 90.2 cm³/mol. The van der Waals surface area contributed by atoms with Crippen molar-refractivity contribution in [3.8, 4) is 17.0 Å². The fraction of sp³-hybridized carbons (Fsp3) is 0.0556. The van der Waals surface area contributed by atoms with E-state index in [4.69, 9.17) is 21.4 Å². The van der Waals surface area contributed by atoms with Crippen LogP contribution in [0.1, 0.15) is 16.1 Å². The van der Waals surface area contributed by atoms with Gasteiger partial charge in [0.05, 0.1) is 18.1 Å². The number of benzene rings is 2. The molecule has 0 saturated heterocycles. The predicted octanol–water partition coefficient (Wildman–Crippen LogP) is 4.07. The van der Waals surface area contributed by atoms with Gasteiger partial charge in [-0.2, -0.15) is 0 Å². The van der Waals surface area contributed by atoms with Crippen LogP contribution >= 0.6 is 11.6 Å². The third-order valence-electron chi connectivity index (χ3n) is 3.28. The van der Waals surface area contributed by atoms with E-state index in [1.807, 2.05) is 36.4 Å². The molecule has 1 heterocycles. The van der Waals surface area contributed by atoms with Crippen LogP contribution in [0.25, 0.3) is 11.3 Å². The fourth-order valence-electron chi connectivity index (χ4n) is 2.15. The van der Waals surface area contributed by atoms with Crippen molar-refractivity contribution in [1.29, 1.82) is 0 Å². The maximum atomic E-state index is 11.0. The van der Waals surface area contributed by atoms with Gasteiger partial charge >= 0.3 is 5.97 Å². The second-order valence-corrected chi connectivity index (χ2v) is 5.48. The Hall–Kier alpha value is -2.92. The molecule has 0 atom stereocenters. The Labute approximate surface area is 143 Å². The molecule has 0 radical (unpaired) electrons. The van der Waals surface area contributed by atoms with Gasteiger partial charge in [0.25, 0.3) is 0 Å². The van der Waals surface area contributed by atoms with E-state index < -0.39 is 5.97 Å². The minimum Gasteiger partial charge on any atom is -0.489 e. The zero-order valence-corrected chi connectivity index (χ0v) is 13.3. The number of ether oxygens (including phenoxy) is 1. The number of hydrogen-bond donors (Lipinski definition) is 1. The molecule has 1 N–H and O–H groups in total. The molecule has 0 aliphatic carbocycles. The van der Waals surface area contributed by atoms with Crippen LogP contribution in [0.5, 0.6) is 5.75 Å². The molecule has 1 aromatic heterocycles. The average molecular weight is 341 g/mol. The molecule has 2 aromatic carbocycles. The van der Waals surface area contributed by atoms with E-state index in [9.17, 15) is 4.79 Å². The molecule has 0 saturated carbocycles. The third-order valence-corrected chi connectivity index (χ3v) is 3.51. The second kappa shape index (κ2) is 7.10. The Bertz CT molecular complexity index is 883. The molecule has 24 heavy (non-hydrogen) atoms. The van der Waals surface area contributed by atoms with Gasteiger partial charge in [-0.15, -0.1) is 0 Å². The number of nitrogens with zero attached hydrogens (tertiary/aromatic N) is 2. The summed E-state index contributed by atoms with van der Waals surface area (Å²) in [6.07, 6.45) is 2.73. The van der Waals surface area contributed by atoms with Crippen molar-refractivity contribution in [2.45, 2.75) is 6.61 Å². The molecule has 0 spiro atoms. The van der Waals surface area contributed by atoms with E-state index in [1.165, 1.54) is 12.4 Å². The Balaban J connectivity index is 1.79. The summed E-state index contributed by atoms with van der Waals surface area (Å²) in [5, 5.41) is 9.66. The van der Waals surface area contributed by atoms with Crippen molar-refractivity contribution in [3.05, 3.63) is 77.2 Å². The molecule has 0 unspecified atom stereocenters. The summed E-state index contributed by atoms with van der Waals surface area (Å²) in [5.41, 5.74) is 2.07. The van der Waals surface area contributed by atoms with Gasteiger partial charge in [-0.1, -0.05) is 35.9 Å². The molecule has 3 rings (SSSR count). The van der Waals surface area contributed by atoms with E-state index in [-0.39, 0.29) is 5.69 Å². The van der Waals surface area contributed by atoms with E-state index in [2.05, 4.69) is 9.97 Å². The molecule has 0 aliphatic rings. The van der Waals surface area contributed by atoms with Crippen molar-refractivity contribution in [2.75, 3.05) is 0 Å². The minimum absolute atomic E-state index is 0.0993. The number of aromatic nitrogens is 2. The van der Waals surface area contributed by atoms with Crippen molar-refractivity contribution in [1.82, 2.24) is 9.97 Å². The molecule has 0 bridgehead atoms. The van der Waals surface area contributed by atoms with Gasteiger partial charge in [-0.25, -0.2) is 9.78 Å². The maximum Gasteiger partial charge on any atom is 0.356 e. The minimum atomic E-state index is -1.11. The van der Waals surface area contributed by atoms with Gasteiger partial charge < -0.3 is 9.84 Å². The van der Waals surface area contributed by atoms with Crippen LogP contribution in [0.2, 0.25) is 5.02 Å². The zero-order chi connectivity index (χ0) is 16.9. The van der Waals surface area contributed by atoms with Gasteiger partial charge in [0.15, 0.2) is 5.69 Å². The fourth-order valence-corrected chi connectivity index (χ4v) is 2.36. The van der Waals surface area contributed by atoms with Crippen LogP contribution in [0.15, 0.2) is 60.9 Å². The smallest absolute Gasteiger partial charge is 0.356 e. The Morgan fingerprint density at radius 2 is 1.96 bits per heavy atom. The Morgan fingerprint density at radius 1 is 1.12 bits per heavy atom. The van der Waals surface area contributed by atoms with Crippen LogP contribution in [0.3, 0.4) is 0 Å². The lowest BCUT2D eigenvalue weighted by atomic mass is 10.1. The van der Waals surface area contributed by atoms with Crippen LogP contribution in [-0.2, 0) is 6.61 Å². The third kappa shape index (κ3) is 3.88. The van der Waals surface area contributed by atoms with Crippen LogP contribution in [-0.4, -0.2) is 21.0 Å². The van der Waals surface area contributed by atoms with Crippen molar-refractivity contribution >= 4 is 17.6 Å². The lowest BCUT2D eigenvalue weighted by Crippen LogP contribution is -2.02. The largest absolute Gasteiger partial charge is 0.489 e. The summed E-state index contributed by atoms with van der Waals surface area (Å²) < 4.78 is 5.76. The standard InChI is InChI=1S/C18H13ClN2O3/c19-14-5-1-3-12(7-14)11-24-15-6-2-4-13(8-15)16-9-20-10-17(21-16)18(22)23/h1-10H,11H2,(H,22,23). The van der Waals surface area contributed by atoms with Crippen LogP contribution in [0, 0.1) is 0 Å². The second-order valence-electron chi connectivity index (χ2n) is 5.04. The summed E-state index contributed by atoms with van der Waals surface area (Å²) >= 11 is 5.95. The first-order valence-electron chi connectivity index (χ1n) is 7.15. The van der Waals surface area contributed by atoms with E-state index in [1.54, 1.807) is 12.1 Å². The van der Waals surface area contributed by atoms with E-state index in [0.29, 0.717) is 23.1 Å². The van der Waals surface area contributed by atoms with Gasteiger partial charge in [0, 0.05) is 10.6 Å². The van der Waals surface area contributed by atoms with E-state index in [0.717, 1.165) is 11.1 Å². The number of rotatable bonds is 5. The van der Waals surface area contributed by atoms with Crippen molar-refractivity contribution in [2.24, 2.45) is 0 Å². The lowest BCUT2D eigenvalue weighted by Gasteiger charge is -2.08. The van der Waals surface area contributed by atoms with Crippen molar-refractivity contribution < 1.29 is 14.6 Å². The number of carbonyl (C=O) groups is 1. The highest BCUT2D eigenvalue weighted by Crippen LogP contribution is 2.23. The lowest BCUT2D eigenvalue weighted by molar-refractivity contribution is 0.0690.